The van der Waals surface area contributed by atoms with Gasteiger partial charge in [0, 0.05) is 38.9 Å². The SMILES string of the molecule is Cc1ccc(N2CCN(CCc3ccccc3)CC2)nc1. The summed E-state index contributed by atoms with van der Waals surface area (Å²) in [6.07, 6.45) is 3.10. The Hall–Kier alpha value is -1.87. The van der Waals surface area contributed by atoms with Crippen LogP contribution >= 0.6 is 0 Å². The van der Waals surface area contributed by atoms with Gasteiger partial charge in [-0.15, -0.1) is 0 Å². The molecule has 3 rings (SSSR count). The number of aryl methyl sites for hydroxylation is 1. The highest BCUT2D eigenvalue weighted by Crippen LogP contribution is 2.14. The first-order valence-corrected chi connectivity index (χ1v) is 7.75. The Bertz CT molecular complexity index is 542. The molecule has 0 saturated carbocycles. The van der Waals surface area contributed by atoms with E-state index in [0.717, 1.165) is 45.0 Å². The minimum absolute atomic E-state index is 1.07. The molecule has 1 aromatic heterocycles. The molecule has 3 heteroatoms. The second kappa shape index (κ2) is 6.72. The van der Waals surface area contributed by atoms with Crippen molar-refractivity contribution >= 4 is 5.82 Å². The van der Waals surface area contributed by atoms with E-state index in [1.807, 2.05) is 6.20 Å². The van der Waals surface area contributed by atoms with Crippen molar-refractivity contribution in [3.8, 4) is 0 Å². The summed E-state index contributed by atoms with van der Waals surface area (Å²) in [5, 5.41) is 0. The van der Waals surface area contributed by atoms with Crippen molar-refractivity contribution in [1.29, 1.82) is 0 Å². The summed E-state index contributed by atoms with van der Waals surface area (Å²) < 4.78 is 0. The fourth-order valence-electron chi connectivity index (χ4n) is 2.78. The summed E-state index contributed by atoms with van der Waals surface area (Å²) in [6, 6.07) is 15.0. The highest BCUT2D eigenvalue weighted by atomic mass is 15.3. The highest BCUT2D eigenvalue weighted by molar-refractivity contribution is 5.39. The number of pyridine rings is 1. The molecular formula is C18H23N3. The van der Waals surface area contributed by atoms with Gasteiger partial charge >= 0.3 is 0 Å². The van der Waals surface area contributed by atoms with Crippen molar-refractivity contribution in [3.63, 3.8) is 0 Å². The van der Waals surface area contributed by atoms with E-state index in [-0.39, 0.29) is 0 Å². The molecule has 110 valence electrons. The van der Waals surface area contributed by atoms with Crippen LogP contribution in [0.4, 0.5) is 5.82 Å². The molecule has 0 aliphatic carbocycles. The van der Waals surface area contributed by atoms with E-state index >= 15 is 0 Å². The summed E-state index contributed by atoms with van der Waals surface area (Å²) in [7, 11) is 0. The Morgan fingerprint density at radius 1 is 0.952 bits per heavy atom. The van der Waals surface area contributed by atoms with Gasteiger partial charge < -0.3 is 4.90 Å². The van der Waals surface area contributed by atoms with Crippen molar-refractivity contribution < 1.29 is 0 Å². The van der Waals surface area contributed by atoms with E-state index in [2.05, 4.69) is 64.2 Å². The van der Waals surface area contributed by atoms with E-state index in [1.54, 1.807) is 0 Å². The minimum Gasteiger partial charge on any atom is -0.354 e. The number of hydrogen-bond acceptors (Lipinski definition) is 3. The van der Waals surface area contributed by atoms with Gasteiger partial charge in [0.1, 0.15) is 5.82 Å². The first kappa shape index (κ1) is 14.1. The molecule has 0 bridgehead atoms. The lowest BCUT2D eigenvalue weighted by Crippen LogP contribution is -2.47. The average Bonchev–Trinajstić information content (AvgIpc) is 2.55. The summed E-state index contributed by atoms with van der Waals surface area (Å²) >= 11 is 0. The smallest absolute Gasteiger partial charge is 0.128 e. The number of benzene rings is 1. The third kappa shape index (κ3) is 3.82. The first-order valence-electron chi connectivity index (χ1n) is 7.75. The third-order valence-corrected chi connectivity index (χ3v) is 4.15. The molecule has 1 aliphatic heterocycles. The lowest BCUT2D eigenvalue weighted by Gasteiger charge is -2.35. The predicted octanol–water partition coefficient (Wildman–Crippen LogP) is 2.75. The number of rotatable bonds is 4. The Morgan fingerprint density at radius 2 is 1.71 bits per heavy atom. The standard InChI is InChI=1S/C18H23N3/c1-16-7-8-18(19-15-16)21-13-11-20(12-14-21)10-9-17-5-3-2-4-6-17/h2-8,15H,9-14H2,1H3. The van der Waals surface area contributed by atoms with E-state index in [1.165, 1.54) is 11.1 Å². The van der Waals surface area contributed by atoms with Crippen LogP contribution in [-0.2, 0) is 6.42 Å². The second-order valence-corrected chi connectivity index (χ2v) is 5.76. The van der Waals surface area contributed by atoms with Gasteiger partial charge in [0.2, 0.25) is 0 Å². The highest BCUT2D eigenvalue weighted by Gasteiger charge is 2.17. The van der Waals surface area contributed by atoms with Crippen LogP contribution in [0.3, 0.4) is 0 Å². The van der Waals surface area contributed by atoms with Crippen LogP contribution in [0.5, 0.6) is 0 Å². The average molecular weight is 281 g/mol. The Kier molecular flexibility index (Phi) is 4.51. The summed E-state index contributed by atoms with van der Waals surface area (Å²) in [5.74, 6) is 1.11. The van der Waals surface area contributed by atoms with Gasteiger partial charge in [-0.1, -0.05) is 36.4 Å². The number of aromatic nitrogens is 1. The lowest BCUT2D eigenvalue weighted by molar-refractivity contribution is 0.260. The minimum atomic E-state index is 1.07. The van der Waals surface area contributed by atoms with Gasteiger partial charge in [0.25, 0.3) is 0 Å². The van der Waals surface area contributed by atoms with Gasteiger partial charge in [-0.3, -0.25) is 4.90 Å². The lowest BCUT2D eigenvalue weighted by atomic mass is 10.1. The maximum absolute atomic E-state index is 4.53. The Labute approximate surface area is 127 Å². The number of hydrogen-bond donors (Lipinski definition) is 0. The van der Waals surface area contributed by atoms with Crippen LogP contribution in [0, 0.1) is 6.92 Å². The van der Waals surface area contributed by atoms with Crippen molar-refractivity contribution in [2.75, 3.05) is 37.6 Å². The molecule has 3 nitrogen and oxygen atoms in total. The first-order chi connectivity index (χ1) is 10.3. The van der Waals surface area contributed by atoms with Crippen molar-refractivity contribution in [3.05, 3.63) is 59.8 Å². The van der Waals surface area contributed by atoms with Gasteiger partial charge in [-0.05, 0) is 30.5 Å². The molecular weight excluding hydrogens is 258 g/mol. The molecule has 0 N–H and O–H groups in total. The van der Waals surface area contributed by atoms with E-state index < -0.39 is 0 Å². The molecule has 1 saturated heterocycles. The van der Waals surface area contributed by atoms with E-state index in [9.17, 15) is 0 Å². The van der Waals surface area contributed by atoms with Crippen molar-refractivity contribution in [2.45, 2.75) is 13.3 Å². The van der Waals surface area contributed by atoms with Crippen LogP contribution in [0.1, 0.15) is 11.1 Å². The predicted molar refractivity (Wildman–Crippen MR) is 87.8 cm³/mol. The van der Waals surface area contributed by atoms with Crippen LogP contribution in [0.25, 0.3) is 0 Å². The van der Waals surface area contributed by atoms with Gasteiger partial charge in [-0.25, -0.2) is 4.98 Å². The quantitative estimate of drug-likeness (QED) is 0.859. The third-order valence-electron chi connectivity index (χ3n) is 4.15. The molecule has 0 amide bonds. The molecule has 21 heavy (non-hydrogen) atoms. The molecule has 0 radical (unpaired) electrons. The molecule has 1 fully saturated rings. The van der Waals surface area contributed by atoms with Crippen LogP contribution in [0.15, 0.2) is 48.7 Å². The molecule has 1 aliphatic rings. The Morgan fingerprint density at radius 3 is 2.38 bits per heavy atom. The fraction of sp³-hybridized carbons (Fsp3) is 0.389. The Balaban J connectivity index is 1.48. The van der Waals surface area contributed by atoms with Crippen molar-refractivity contribution in [2.24, 2.45) is 0 Å². The van der Waals surface area contributed by atoms with Crippen LogP contribution < -0.4 is 4.90 Å². The van der Waals surface area contributed by atoms with Crippen molar-refractivity contribution in [1.82, 2.24) is 9.88 Å². The number of nitrogens with zero attached hydrogens (tertiary/aromatic N) is 3. The van der Waals surface area contributed by atoms with Crippen LogP contribution in [-0.4, -0.2) is 42.6 Å². The molecule has 0 spiro atoms. The molecule has 2 aromatic rings. The number of piperazine rings is 1. The van der Waals surface area contributed by atoms with Crippen LogP contribution in [0.2, 0.25) is 0 Å². The normalized spacial score (nSPS) is 16.1. The zero-order chi connectivity index (χ0) is 14.5. The maximum Gasteiger partial charge on any atom is 0.128 e. The maximum atomic E-state index is 4.53. The molecule has 0 atom stereocenters. The topological polar surface area (TPSA) is 19.4 Å². The second-order valence-electron chi connectivity index (χ2n) is 5.76. The van der Waals surface area contributed by atoms with Gasteiger partial charge in [0.15, 0.2) is 0 Å². The summed E-state index contributed by atoms with van der Waals surface area (Å²) in [5.41, 5.74) is 2.65. The van der Waals surface area contributed by atoms with Gasteiger partial charge in [0.05, 0.1) is 0 Å². The zero-order valence-electron chi connectivity index (χ0n) is 12.7. The zero-order valence-corrected chi connectivity index (χ0v) is 12.7. The molecule has 0 unspecified atom stereocenters. The van der Waals surface area contributed by atoms with E-state index in [4.69, 9.17) is 0 Å². The summed E-state index contributed by atoms with van der Waals surface area (Å²) in [6.45, 7) is 7.64. The fourth-order valence-corrected chi connectivity index (χ4v) is 2.78. The number of anilines is 1. The van der Waals surface area contributed by atoms with Gasteiger partial charge in [-0.2, -0.15) is 0 Å². The van der Waals surface area contributed by atoms with E-state index in [0.29, 0.717) is 0 Å². The largest absolute Gasteiger partial charge is 0.354 e. The molecule has 2 heterocycles. The molecule has 1 aromatic carbocycles. The summed E-state index contributed by atoms with van der Waals surface area (Å²) in [4.78, 5) is 9.47. The monoisotopic (exact) mass is 281 g/mol.